The van der Waals surface area contributed by atoms with Crippen LogP contribution in [0.1, 0.15) is 90.5 Å². The van der Waals surface area contributed by atoms with Crippen molar-refractivity contribution in [1.29, 1.82) is 0 Å². The Bertz CT molecular complexity index is 991. The third-order valence-electron chi connectivity index (χ3n) is 6.79. The molecule has 0 fully saturated rings. The minimum absolute atomic E-state index is 0.184. The molecular formula is C33H43FO. The third-order valence-corrected chi connectivity index (χ3v) is 6.79. The Morgan fingerprint density at radius 3 is 1.94 bits per heavy atom. The van der Waals surface area contributed by atoms with Gasteiger partial charge in [0.05, 0.1) is 6.10 Å². The fourth-order valence-corrected chi connectivity index (χ4v) is 4.59. The van der Waals surface area contributed by atoms with Crippen molar-refractivity contribution in [2.45, 2.75) is 97.5 Å². The van der Waals surface area contributed by atoms with E-state index in [4.69, 9.17) is 4.74 Å². The molecule has 0 saturated carbocycles. The maximum Gasteiger partial charge on any atom is 0.131 e. The van der Waals surface area contributed by atoms with Crippen LogP contribution in [0.25, 0.3) is 22.3 Å². The summed E-state index contributed by atoms with van der Waals surface area (Å²) in [6.07, 6.45) is 13.9. The lowest BCUT2D eigenvalue weighted by Crippen LogP contribution is -2.11. The van der Waals surface area contributed by atoms with Crippen LogP contribution in [-0.4, -0.2) is 6.10 Å². The highest BCUT2D eigenvalue weighted by atomic mass is 19.1. The predicted molar refractivity (Wildman–Crippen MR) is 149 cm³/mol. The number of unbranched alkanes of at least 4 members (excludes halogenated alkanes) is 7. The Hall–Kier alpha value is -2.61. The van der Waals surface area contributed by atoms with E-state index in [2.05, 4.69) is 45.0 Å². The number of rotatable bonds is 15. The Balaban J connectivity index is 1.56. The highest BCUT2D eigenvalue weighted by Gasteiger charge is 2.09. The molecule has 35 heavy (non-hydrogen) atoms. The van der Waals surface area contributed by atoms with Gasteiger partial charge in [-0.15, -0.1) is 0 Å². The Labute approximate surface area is 212 Å². The summed E-state index contributed by atoms with van der Waals surface area (Å²) < 4.78 is 21.1. The third kappa shape index (κ3) is 8.84. The zero-order valence-corrected chi connectivity index (χ0v) is 22.0. The van der Waals surface area contributed by atoms with Gasteiger partial charge >= 0.3 is 0 Å². The summed E-state index contributed by atoms with van der Waals surface area (Å²) >= 11 is 0. The minimum atomic E-state index is -0.184. The molecule has 0 unspecified atom stereocenters. The molecule has 0 amide bonds. The van der Waals surface area contributed by atoms with E-state index in [9.17, 15) is 0 Å². The van der Waals surface area contributed by atoms with Gasteiger partial charge in [-0.25, -0.2) is 4.39 Å². The molecule has 0 heterocycles. The van der Waals surface area contributed by atoms with E-state index in [1.807, 2.05) is 36.4 Å². The molecule has 0 radical (unpaired) electrons. The maximum absolute atomic E-state index is 15.0. The Kier molecular flexibility index (Phi) is 11.3. The normalized spacial score (nSPS) is 12.0. The summed E-state index contributed by atoms with van der Waals surface area (Å²) in [5, 5.41) is 0. The van der Waals surface area contributed by atoms with Crippen LogP contribution in [0.5, 0.6) is 5.75 Å². The molecule has 188 valence electrons. The molecule has 3 aromatic rings. The number of halogens is 1. The molecule has 0 aliphatic heterocycles. The highest BCUT2D eigenvalue weighted by molar-refractivity contribution is 5.71. The van der Waals surface area contributed by atoms with Crippen molar-refractivity contribution in [2.75, 3.05) is 0 Å². The first-order valence-electron chi connectivity index (χ1n) is 13.8. The van der Waals surface area contributed by atoms with Gasteiger partial charge < -0.3 is 4.74 Å². The lowest BCUT2D eigenvalue weighted by atomic mass is 9.98. The topological polar surface area (TPSA) is 9.23 Å². The van der Waals surface area contributed by atoms with Gasteiger partial charge in [0.2, 0.25) is 0 Å². The molecule has 3 rings (SSSR count). The zero-order valence-electron chi connectivity index (χ0n) is 22.0. The number of ether oxygens (including phenoxy) is 1. The van der Waals surface area contributed by atoms with E-state index < -0.39 is 0 Å². The summed E-state index contributed by atoms with van der Waals surface area (Å²) in [4.78, 5) is 0. The second kappa shape index (κ2) is 14.7. The van der Waals surface area contributed by atoms with Gasteiger partial charge in [0.25, 0.3) is 0 Å². The summed E-state index contributed by atoms with van der Waals surface area (Å²) in [5.41, 5.74) is 4.80. The van der Waals surface area contributed by atoms with E-state index in [-0.39, 0.29) is 11.9 Å². The Morgan fingerprint density at radius 2 is 1.26 bits per heavy atom. The van der Waals surface area contributed by atoms with E-state index in [0.717, 1.165) is 35.3 Å². The summed E-state index contributed by atoms with van der Waals surface area (Å²) in [5.74, 6) is 0.687. The molecule has 1 atom stereocenters. The van der Waals surface area contributed by atoms with E-state index in [0.29, 0.717) is 5.56 Å². The van der Waals surface area contributed by atoms with Crippen LogP contribution in [0, 0.1) is 5.82 Å². The molecule has 0 N–H and O–H groups in total. The van der Waals surface area contributed by atoms with Crippen molar-refractivity contribution in [3.63, 3.8) is 0 Å². The van der Waals surface area contributed by atoms with Crippen LogP contribution < -0.4 is 4.74 Å². The molecule has 0 spiro atoms. The van der Waals surface area contributed by atoms with Crippen LogP contribution in [0.15, 0.2) is 66.7 Å². The summed E-state index contributed by atoms with van der Waals surface area (Å²) in [7, 11) is 0. The second-order valence-electron chi connectivity index (χ2n) is 9.86. The predicted octanol–water partition coefficient (Wildman–Crippen LogP) is 10.4. The molecule has 0 aliphatic carbocycles. The molecule has 0 saturated heterocycles. The van der Waals surface area contributed by atoms with Crippen LogP contribution >= 0.6 is 0 Å². The number of hydrogen-bond acceptors (Lipinski definition) is 1. The van der Waals surface area contributed by atoms with Crippen LogP contribution in [0.3, 0.4) is 0 Å². The van der Waals surface area contributed by atoms with Gasteiger partial charge in [0.15, 0.2) is 0 Å². The first kappa shape index (κ1) is 27.0. The fraction of sp³-hybridized carbons (Fsp3) is 0.455. The smallest absolute Gasteiger partial charge is 0.131 e. The summed E-state index contributed by atoms with van der Waals surface area (Å²) in [6, 6.07) is 21.9. The van der Waals surface area contributed by atoms with Crippen molar-refractivity contribution in [2.24, 2.45) is 0 Å². The van der Waals surface area contributed by atoms with Crippen molar-refractivity contribution in [1.82, 2.24) is 0 Å². The lowest BCUT2D eigenvalue weighted by molar-refractivity contribution is 0.206. The van der Waals surface area contributed by atoms with E-state index >= 15 is 4.39 Å². The van der Waals surface area contributed by atoms with Crippen LogP contribution in [0.4, 0.5) is 4.39 Å². The van der Waals surface area contributed by atoms with E-state index in [1.54, 1.807) is 6.07 Å². The second-order valence-corrected chi connectivity index (χ2v) is 9.86. The molecule has 3 aromatic carbocycles. The lowest BCUT2D eigenvalue weighted by Gasteiger charge is -2.15. The molecule has 2 heteroatoms. The largest absolute Gasteiger partial charge is 0.491 e. The molecule has 1 nitrogen and oxygen atoms in total. The van der Waals surface area contributed by atoms with Gasteiger partial charge in [-0.2, -0.15) is 0 Å². The zero-order chi connectivity index (χ0) is 24.9. The fourth-order valence-electron chi connectivity index (χ4n) is 4.59. The van der Waals surface area contributed by atoms with Gasteiger partial charge in [0, 0.05) is 5.56 Å². The minimum Gasteiger partial charge on any atom is -0.491 e. The standard InChI is InChI=1S/C33H43FO/c1-4-6-8-9-10-12-14-27-15-17-29(18-16-27)32-24-21-30(25-33(32)34)28-19-22-31(23-20-28)35-26(3)13-11-7-5-2/h15-26H,4-14H2,1-3H3/t26-/m1/s1. The number of benzene rings is 3. The highest BCUT2D eigenvalue weighted by Crippen LogP contribution is 2.29. The first-order chi connectivity index (χ1) is 17.1. The van der Waals surface area contributed by atoms with Crippen molar-refractivity contribution in [3.8, 4) is 28.0 Å². The maximum atomic E-state index is 15.0. The van der Waals surface area contributed by atoms with Gasteiger partial charge in [0.1, 0.15) is 11.6 Å². The average Bonchev–Trinajstić information content (AvgIpc) is 2.87. The first-order valence-corrected chi connectivity index (χ1v) is 13.8. The number of hydrogen-bond donors (Lipinski definition) is 0. The van der Waals surface area contributed by atoms with Crippen LogP contribution in [0.2, 0.25) is 0 Å². The van der Waals surface area contributed by atoms with Crippen molar-refractivity contribution < 1.29 is 9.13 Å². The average molecular weight is 475 g/mol. The van der Waals surface area contributed by atoms with Crippen molar-refractivity contribution in [3.05, 3.63) is 78.1 Å². The molecule has 0 aliphatic rings. The SMILES string of the molecule is CCCCCCCCc1ccc(-c2ccc(-c3ccc(O[C@H](C)CCCCC)cc3)cc2F)cc1. The Morgan fingerprint density at radius 1 is 0.657 bits per heavy atom. The van der Waals surface area contributed by atoms with Crippen molar-refractivity contribution >= 4 is 0 Å². The van der Waals surface area contributed by atoms with Crippen LogP contribution in [-0.2, 0) is 6.42 Å². The monoisotopic (exact) mass is 474 g/mol. The van der Waals surface area contributed by atoms with Gasteiger partial charge in [-0.05, 0) is 73.1 Å². The molecule has 0 bridgehead atoms. The van der Waals surface area contributed by atoms with Gasteiger partial charge in [-0.1, -0.05) is 107 Å². The van der Waals surface area contributed by atoms with E-state index in [1.165, 1.54) is 63.4 Å². The number of aryl methyl sites for hydroxylation is 1. The molecular weight excluding hydrogens is 431 g/mol. The molecule has 0 aromatic heterocycles. The quantitative estimate of drug-likeness (QED) is 0.199. The van der Waals surface area contributed by atoms with Gasteiger partial charge in [-0.3, -0.25) is 0 Å². The summed E-state index contributed by atoms with van der Waals surface area (Å²) in [6.45, 7) is 6.59.